The highest BCUT2D eigenvalue weighted by atomic mass is 35.5. The second-order valence-corrected chi connectivity index (χ2v) is 6.83. The van der Waals surface area contributed by atoms with Crippen molar-refractivity contribution in [2.45, 2.75) is 6.92 Å². The molecule has 0 aliphatic heterocycles. The Morgan fingerprint density at radius 2 is 2.15 bits per heavy atom. The third-order valence-electron chi connectivity index (χ3n) is 2.47. The summed E-state index contributed by atoms with van der Waals surface area (Å²) in [6, 6.07) is 4.75. The molecule has 7 heteroatoms. The van der Waals surface area contributed by atoms with Crippen LogP contribution in [0.3, 0.4) is 0 Å². The maximum atomic E-state index is 11.3. The second-order valence-electron chi connectivity index (χ2n) is 3.95. The van der Waals surface area contributed by atoms with Gasteiger partial charge in [-0.3, -0.25) is 0 Å². The summed E-state index contributed by atoms with van der Waals surface area (Å²) in [5.41, 5.74) is 0.617. The minimum absolute atomic E-state index is 0.0280. The van der Waals surface area contributed by atoms with Crippen molar-refractivity contribution in [3.8, 4) is 5.75 Å². The average Bonchev–Trinajstić information content (AvgIpc) is 2.38. The summed E-state index contributed by atoms with van der Waals surface area (Å²) in [6.07, 6.45) is 2.40. The van der Waals surface area contributed by atoms with Gasteiger partial charge in [0.25, 0.3) is 0 Å². The molecule has 1 aromatic carbocycles. The zero-order chi connectivity index (χ0) is 15.2. The first kappa shape index (κ1) is 16.5. The molecule has 0 aliphatic rings. The van der Waals surface area contributed by atoms with Crippen LogP contribution in [0.25, 0.3) is 6.08 Å². The minimum atomic E-state index is -3.07. The maximum Gasteiger partial charge on any atom is 0.328 e. The first-order valence-electron chi connectivity index (χ1n) is 5.88. The van der Waals surface area contributed by atoms with Gasteiger partial charge in [-0.2, -0.15) is 0 Å². The van der Waals surface area contributed by atoms with E-state index in [1.807, 2.05) is 0 Å². The summed E-state index contributed by atoms with van der Waals surface area (Å²) in [4.78, 5) is 10.4. The highest BCUT2D eigenvalue weighted by molar-refractivity contribution is 7.91. The van der Waals surface area contributed by atoms with Gasteiger partial charge in [0.1, 0.15) is 12.4 Å². The lowest BCUT2D eigenvalue weighted by atomic mass is 10.2. The van der Waals surface area contributed by atoms with Crippen LogP contribution >= 0.6 is 11.6 Å². The number of halogens is 1. The molecule has 0 heterocycles. The van der Waals surface area contributed by atoms with Crippen LogP contribution < -0.4 is 4.74 Å². The first-order chi connectivity index (χ1) is 9.34. The normalized spacial score (nSPS) is 11.7. The van der Waals surface area contributed by atoms with E-state index in [2.05, 4.69) is 0 Å². The number of sulfone groups is 1. The molecule has 0 saturated heterocycles. The summed E-state index contributed by atoms with van der Waals surface area (Å²) < 4.78 is 27.9. The van der Waals surface area contributed by atoms with Gasteiger partial charge in [0.2, 0.25) is 0 Å². The van der Waals surface area contributed by atoms with Crippen LogP contribution in [0, 0.1) is 0 Å². The van der Waals surface area contributed by atoms with E-state index in [0.29, 0.717) is 16.3 Å². The molecule has 20 heavy (non-hydrogen) atoms. The Bertz CT molecular complexity index is 607. The minimum Gasteiger partial charge on any atom is -0.491 e. The van der Waals surface area contributed by atoms with Crippen LogP contribution in [0.1, 0.15) is 12.5 Å². The van der Waals surface area contributed by atoms with Crippen LogP contribution in [-0.4, -0.2) is 37.6 Å². The van der Waals surface area contributed by atoms with E-state index in [1.165, 1.54) is 6.08 Å². The SMILES string of the molecule is CCS(=O)(=O)CCOc1ccc(C=CC(=O)O)cc1Cl. The van der Waals surface area contributed by atoms with E-state index in [4.69, 9.17) is 21.4 Å². The fourth-order valence-corrected chi connectivity index (χ4v) is 2.20. The van der Waals surface area contributed by atoms with Crippen molar-refractivity contribution in [1.29, 1.82) is 0 Å². The van der Waals surface area contributed by atoms with Crippen molar-refractivity contribution in [3.05, 3.63) is 34.9 Å². The predicted octanol–water partition coefficient (Wildman–Crippen LogP) is 2.25. The number of aliphatic carboxylic acids is 1. The highest BCUT2D eigenvalue weighted by Crippen LogP contribution is 2.26. The fraction of sp³-hybridized carbons (Fsp3) is 0.308. The van der Waals surface area contributed by atoms with Crippen molar-refractivity contribution in [2.24, 2.45) is 0 Å². The molecule has 110 valence electrons. The number of hydrogen-bond donors (Lipinski definition) is 1. The van der Waals surface area contributed by atoms with E-state index in [-0.39, 0.29) is 18.1 Å². The Balaban J connectivity index is 2.67. The van der Waals surface area contributed by atoms with Crippen LogP contribution in [0.5, 0.6) is 5.75 Å². The number of ether oxygens (including phenoxy) is 1. The number of benzene rings is 1. The topological polar surface area (TPSA) is 80.7 Å². The molecule has 0 aliphatic carbocycles. The van der Waals surface area contributed by atoms with Crippen molar-refractivity contribution in [2.75, 3.05) is 18.1 Å². The molecule has 1 aromatic rings. The molecular formula is C13H15ClO5S. The molecule has 0 spiro atoms. The summed E-state index contributed by atoms with van der Waals surface area (Å²) in [5.74, 6) is -0.680. The summed E-state index contributed by atoms with van der Waals surface area (Å²) in [5, 5.41) is 8.81. The van der Waals surface area contributed by atoms with E-state index < -0.39 is 15.8 Å². The highest BCUT2D eigenvalue weighted by Gasteiger charge is 2.08. The largest absolute Gasteiger partial charge is 0.491 e. The molecule has 1 N–H and O–H groups in total. The molecule has 0 amide bonds. The van der Waals surface area contributed by atoms with Crippen molar-refractivity contribution < 1.29 is 23.1 Å². The van der Waals surface area contributed by atoms with Crippen molar-refractivity contribution in [1.82, 2.24) is 0 Å². The fourth-order valence-electron chi connectivity index (χ4n) is 1.33. The molecule has 0 bridgehead atoms. The first-order valence-corrected chi connectivity index (χ1v) is 8.08. The predicted molar refractivity (Wildman–Crippen MR) is 77.9 cm³/mol. The number of rotatable bonds is 7. The van der Waals surface area contributed by atoms with Gasteiger partial charge in [-0.15, -0.1) is 0 Å². The zero-order valence-corrected chi connectivity index (χ0v) is 12.4. The van der Waals surface area contributed by atoms with E-state index in [0.717, 1.165) is 6.08 Å². The van der Waals surface area contributed by atoms with Gasteiger partial charge >= 0.3 is 5.97 Å². The van der Waals surface area contributed by atoms with Crippen LogP contribution in [0.4, 0.5) is 0 Å². The van der Waals surface area contributed by atoms with Gasteiger partial charge in [-0.25, -0.2) is 13.2 Å². The van der Waals surface area contributed by atoms with Gasteiger partial charge < -0.3 is 9.84 Å². The zero-order valence-electron chi connectivity index (χ0n) is 10.9. The third-order valence-corrected chi connectivity index (χ3v) is 4.43. The molecule has 0 atom stereocenters. The third kappa shape index (κ3) is 5.63. The molecule has 0 aromatic heterocycles. The van der Waals surface area contributed by atoms with Crippen LogP contribution in [-0.2, 0) is 14.6 Å². The van der Waals surface area contributed by atoms with Crippen molar-refractivity contribution >= 4 is 33.5 Å². The number of carboxylic acids is 1. The van der Waals surface area contributed by atoms with Gasteiger partial charge in [-0.1, -0.05) is 24.6 Å². The standard InChI is InChI=1S/C13H15ClO5S/c1-2-20(17,18)8-7-19-12-5-3-10(9-11(12)14)4-6-13(15)16/h3-6,9H,2,7-8H2,1H3,(H,15,16). The van der Waals surface area contributed by atoms with Crippen LogP contribution in [0.15, 0.2) is 24.3 Å². The number of hydrogen-bond acceptors (Lipinski definition) is 4. The molecule has 1 rings (SSSR count). The van der Waals surface area contributed by atoms with E-state index >= 15 is 0 Å². The Labute approximate surface area is 122 Å². The number of carbonyl (C=O) groups is 1. The molecule has 0 fully saturated rings. The van der Waals surface area contributed by atoms with Gasteiger partial charge in [-0.05, 0) is 23.8 Å². The lowest BCUT2D eigenvalue weighted by molar-refractivity contribution is -0.131. The molecule has 0 saturated carbocycles. The molecular weight excluding hydrogens is 304 g/mol. The molecule has 0 radical (unpaired) electrons. The van der Waals surface area contributed by atoms with E-state index in [9.17, 15) is 13.2 Å². The molecule has 5 nitrogen and oxygen atoms in total. The quantitative estimate of drug-likeness (QED) is 0.780. The Morgan fingerprint density at radius 1 is 1.45 bits per heavy atom. The lowest BCUT2D eigenvalue weighted by Crippen LogP contribution is -2.15. The Kier molecular flexibility index (Phi) is 6.04. The smallest absolute Gasteiger partial charge is 0.328 e. The Morgan fingerprint density at radius 3 is 2.70 bits per heavy atom. The van der Waals surface area contributed by atoms with Gasteiger partial charge in [0, 0.05) is 11.8 Å². The van der Waals surface area contributed by atoms with E-state index in [1.54, 1.807) is 25.1 Å². The average molecular weight is 319 g/mol. The lowest BCUT2D eigenvalue weighted by Gasteiger charge is -2.08. The summed E-state index contributed by atoms with van der Waals surface area (Å²) >= 11 is 5.97. The maximum absolute atomic E-state index is 11.3. The monoisotopic (exact) mass is 318 g/mol. The van der Waals surface area contributed by atoms with Crippen molar-refractivity contribution in [3.63, 3.8) is 0 Å². The second kappa shape index (κ2) is 7.31. The number of carboxylic acid groups (broad SMARTS) is 1. The van der Waals surface area contributed by atoms with Crippen LogP contribution in [0.2, 0.25) is 5.02 Å². The summed E-state index contributed by atoms with van der Waals surface area (Å²) in [7, 11) is -3.07. The summed E-state index contributed by atoms with van der Waals surface area (Å²) in [6.45, 7) is 1.60. The van der Waals surface area contributed by atoms with Gasteiger partial charge in [0.15, 0.2) is 9.84 Å². The Hall–Kier alpha value is -1.53. The van der Waals surface area contributed by atoms with Gasteiger partial charge in [0.05, 0.1) is 10.8 Å². The molecule has 0 unspecified atom stereocenters.